The predicted octanol–water partition coefficient (Wildman–Crippen LogP) is 1.94. The molecular weight excluding hydrogens is 336 g/mol. The van der Waals surface area contributed by atoms with Crippen LogP contribution in [-0.2, 0) is 4.79 Å². The van der Waals surface area contributed by atoms with Crippen molar-refractivity contribution in [2.75, 3.05) is 11.9 Å². The van der Waals surface area contributed by atoms with Gasteiger partial charge in [0.1, 0.15) is 11.5 Å². The van der Waals surface area contributed by atoms with Crippen LogP contribution in [-0.4, -0.2) is 34.2 Å². The van der Waals surface area contributed by atoms with Gasteiger partial charge in [-0.2, -0.15) is 0 Å². The summed E-state index contributed by atoms with van der Waals surface area (Å²) in [5.41, 5.74) is 5.37. The number of unbranched alkanes of at least 4 members (excludes halogenated alkanes) is 1. The summed E-state index contributed by atoms with van der Waals surface area (Å²) in [7, 11) is 0. The number of phenolic OH excluding ortho intramolecular Hbond substituents is 2. The first kappa shape index (κ1) is 17.6. The topological polar surface area (TPSA) is 130 Å². The van der Waals surface area contributed by atoms with E-state index in [9.17, 15) is 24.6 Å². The summed E-state index contributed by atoms with van der Waals surface area (Å²) < 4.78 is 0. The maximum atomic E-state index is 12.7. The highest BCUT2D eigenvalue weighted by Gasteiger charge is 2.34. The van der Waals surface area contributed by atoms with Gasteiger partial charge in [0.05, 0.1) is 11.1 Å². The molecule has 0 aliphatic heterocycles. The van der Waals surface area contributed by atoms with Crippen LogP contribution in [0.15, 0.2) is 30.3 Å². The lowest BCUT2D eigenvalue weighted by Crippen LogP contribution is -2.22. The van der Waals surface area contributed by atoms with Crippen molar-refractivity contribution in [2.24, 2.45) is 5.73 Å². The minimum absolute atomic E-state index is 0.00893. The fraction of sp³-hybridized carbons (Fsp3) is 0.211. The van der Waals surface area contributed by atoms with Crippen LogP contribution in [0.25, 0.3) is 0 Å². The van der Waals surface area contributed by atoms with Gasteiger partial charge in [-0.15, -0.1) is 0 Å². The quantitative estimate of drug-likeness (QED) is 0.518. The molecule has 0 aromatic heterocycles. The number of amides is 1. The van der Waals surface area contributed by atoms with Gasteiger partial charge in [-0.3, -0.25) is 14.4 Å². The van der Waals surface area contributed by atoms with Crippen LogP contribution < -0.4 is 11.1 Å². The zero-order valence-corrected chi connectivity index (χ0v) is 13.9. The lowest BCUT2D eigenvalue weighted by molar-refractivity contribution is -0.116. The van der Waals surface area contributed by atoms with Crippen molar-refractivity contribution in [1.29, 1.82) is 0 Å². The third-order valence-corrected chi connectivity index (χ3v) is 4.25. The molecule has 7 nitrogen and oxygen atoms in total. The fourth-order valence-electron chi connectivity index (χ4n) is 3.01. The van der Waals surface area contributed by atoms with Crippen LogP contribution in [0.1, 0.15) is 51.1 Å². The Bertz CT molecular complexity index is 920. The van der Waals surface area contributed by atoms with E-state index in [2.05, 4.69) is 5.32 Å². The summed E-state index contributed by atoms with van der Waals surface area (Å²) in [4.78, 5) is 37.3. The van der Waals surface area contributed by atoms with Gasteiger partial charge in [0, 0.05) is 29.3 Å². The minimum Gasteiger partial charge on any atom is -0.507 e. The van der Waals surface area contributed by atoms with Crippen LogP contribution in [0.3, 0.4) is 0 Å². The summed E-state index contributed by atoms with van der Waals surface area (Å²) in [6.07, 6.45) is 1.61. The van der Waals surface area contributed by atoms with Gasteiger partial charge in [0.15, 0.2) is 5.78 Å². The maximum absolute atomic E-state index is 12.7. The van der Waals surface area contributed by atoms with Crippen molar-refractivity contribution in [3.63, 3.8) is 0 Å². The molecule has 0 saturated carbocycles. The van der Waals surface area contributed by atoms with Crippen LogP contribution in [0, 0.1) is 0 Å². The Morgan fingerprint density at radius 3 is 2.42 bits per heavy atom. The third kappa shape index (κ3) is 3.04. The van der Waals surface area contributed by atoms with Crippen LogP contribution in [0.5, 0.6) is 11.5 Å². The number of rotatable bonds is 5. The highest BCUT2D eigenvalue weighted by Crippen LogP contribution is 2.38. The monoisotopic (exact) mass is 354 g/mol. The van der Waals surface area contributed by atoms with E-state index < -0.39 is 17.3 Å². The molecule has 1 aliphatic carbocycles. The molecule has 134 valence electrons. The standard InChI is InChI=1S/C19H18N2O5/c20-7-2-1-6-15(24)21-10-8-12-17(14(23)9-10)19(26)16-11(18(12)25)4-3-5-13(16)22/h3-5,8-9,22-23H,1-2,6-7,20H2,(H,21,24). The van der Waals surface area contributed by atoms with Gasteiger partial charge < -0.3 is 21.3 Å². The molecule has 26 heavy (non-hydrogen) atoms. The molecule has 1 aliphatic rings. The second-order valence-corrected chi connectivity index (χ2v) is 6.07. The summed E-state index contributed by atoms with van der Waals surface area (Å²) in [6.45, 7) is 0.496. The van der Waals surface area contributed by atoms with E-state index >= 15 is 0 Å². The molecule has 0 radical (unpaired) electrons. The first-order chi connectivity index (χ1) is 12.4. The molecule has 1 amide bonds. The van der Waals surface area contributed by atoms with Crippen LogP contribution in [0.2, 0.25) is 0 Å². The summed E-state index contributed by atoms with van der Waals surface area (Å²) in [5, 5.41) is 22.8. The molecule has 7 heteroatoms. The molecule has 3 rings (SSSR count). The average Bonchev–Trinajstić information content (AvgIpc) is 2.59. The number of fused-ring (bicyclic) bond motifs is 2. The smallest absolute Gasteiger partial charge is 0.224 e. The number of benzene rings is 2. The molecular formula is C19H18N2O5. The third-order valence-electron chi connectivity index (χ3n) is 4.25. The molecule has 0 atom stereocenters. The number of carbonyl (C=O) groups excluding carboxylic acids is 3. The minimum atomic E-state index is -0.633. The zero-order valence-electron chi connectivity index (χ0n) is 13.9. The number of carbonyl (C=O) groups is 3. The maximum Gasteiger partial charge on any atom is 0.224 e. The molecule has 2 aromatic rings. The summed E-state index contributed by atoms with van der Waals surface area (Å²) in [5.74, 6) is -2.15. The highest BCUT2D eigenvalue weighted by atomic mass is 16.3. The second-order valence-electron chi connectivity index (χ2n) is 6.07. The number of nitrogens with two attached hydrogens (primary N) is 1. The predicted molar refractivity (Wildman–Crippen MR) is 94.6 cm³/mol. The molecule has 0 bridgehead atoms. The van der Waals surface area contributed by atoms with Crippen LogP contribution in [0.4, 0.5) is 5.69 Å². The number of phenols is 2. The van der Waals surface area contributed by atoms with Gasteiger partial charge in [0.25, 0.3) is 0 Å². The summed E-state index contributed by atoms with van der Waals surface area (Å²) in [6, 6.07) is 6.79. The Labute approximate surface area is 149 Å². The van der Waals surface area contributed by atoms with Gasteiger partial charge in [-0.1, -0.05) is 12.1 Å². The molecule has 2 aromatic carbocycles. The van der Waals surface area contributed by atoms with Crippen molar-refractivity contribution in [3.8, 4) is 11.5 Å². The fourth-order valence-corrected chi connectivity index (χ4v) is 3.01. The molecule has 0 unspecified atom stereocenters. The Morgan fingerprint density at radius 2 is 1.69 bits per heavy atom. The second kappa shape index (κ2) is 6.97. The first-order valence-corrected chi connectivity index (χ1v) is 8.22. The molecule has 0 heterocycles. The van der Waals surface area contributed by atoms with E-state index in [1.807, 2.05) is 0 Å². The Balaban J connectivity index is 1.96. The zero-order chi connectivity index (χ0) is 18.8. The number of anilines is 1. The first-order valence-electron chi connectivity index (χ1n) is 8.22. The number of hydrogen-bond donors (Lipinski definition) is 4. The van der Waals surface area contributed by atoms with E-state index in [-0.39, 0.29) is 46.0 Å². The van der Waals surface area contributed by atoms with Crippen molar-refractivity contribution >= 4 is 23.2 Å². The Morgan fingerprint density at radius 1 is 0.962 bits per heavy atom. The van der Waals surface area contributed by atoms with E-state index in [1.54, 1.807) is 0 Å². The number of hydrogen-bond acceptors (Lipinski definition) is 6. The van der Waals surface area contributed by atoms with Crippen molar-refractivity contribution in [1.82, 2.24) is 0 Å². The van der Waals surface area contributed by atoms with Gasteiger partial charge in [0.2, 0.25) is 11.7 Å². The van der Waals surface area contributed by atoms with E-state index in [4.69, 9.17) is 5.73 Å². The lowest BCUT2D eigenvalue weighted by atomic mass is 9.83. The summed E-state index contributed by atoms with van der Waals surface area (Å²) >= 11 is 0. The molecule has 0 saturated heterocycles. The van der Waals surface area contributed by atoms with Crippen molar-refractivity contribution in [2.45, 2.75) is 19.3 Å². The van der Waals surface area contributed by atoms with Crippen molar-refractivity contribution in [3.05, 3.63) is 52.6 Å². The largest absolute Gasteiger partial charge is 0.507 e. The van der Waals surface area contributed by atoms with Crippen LogP contribution >= 0.6 is 0 Å². The van der Waals surface area contributed by atoms with Gasteiger partial charge in [-0.25, -0.2) is 0 Å². The molecule has 5 N–H and O–H groups in total. The van der Waals surface area contributed by atoms with Crippen molar-refractivity contribution < 1.29 is 24.6 Å². The Kier molecular flexibility index (Phi) is 4.73. The SMILES string of the molecule is NCCCCC(=O)Nc1cc(O)c2c(c1)C(=O)c1cccc(O)c1C2=O. The normalized spacial score (nSPS) is 12.5. The number of ketones is 2. The van der Waals surface area contributed by atoms with E-state index in [0.29, 0.717) is 13.0 Å². The number of nitrogens with one attached hydrogen (secondary N) is 1. The van der Waals surface area contributed by atoms with E-state index in [0.717, 1.165) is 6.42 Å². The molecule has 0 fully saturated rings. The molecule has 0 spiro atoms. The highest BCUT2D eigenvalue weighted by molar-refractivity contribution is 6.30. The lowest BCUT2D eigenvalue weighted by Gasteiger charge is -2.20. The van der Waals surface area contributed by atoms with Gasteiger partial charge in [-0.05, 0) is 31.5 Å². The number of aromatic hydroxyl groups is 2. The van der Waals surface area contributed by atoms with Gasteiger partial charge >= 0.3 is 0 Å². The van der Waals surface area contributed by atoms with E-state index in [1.165, 1.54) is 30.3 Å². The average molecular weight is 354 g/mol. The Hall–Kier alpha value is -3.19.